The molecule has 1 aromatic carbocycles. The first kappa shape index (κ1) is 21.8. The number of piperidine rings is 1. The Kier molecular flexibility index (Phi) is 4.96. The van der Waals surface area contributed by atoms with E-state index in [0.717, 1.165) is 0 Å². The molecule has 1 atom stereocenters. The van der Waals surface area contributed by atoms with Gasteiger partial charge in [-0.3, -0.25) is 4.99 Å². The largest absolute Gasteiger partial charge is 0.455 e. The number of rotatable bonds is 2. The van der Waals surface area contributed by atoms with Gasteiger partial charge in [0, 0.05) is 48.8 Å². The van der Waals surface area contributed by atoms with Crippen molar-refractivity contribution in [2.75, 3.05) is 31.2 Å². The van der Waals surface area contributed by atoms with Crippen molar-refractivity contribution in [1.29, 1.82) is 0 Å². The highest BCUT2D eigenvalue weighted by molar-refractivity contribution is 5.84. The highest BCUT2D eigenvalue weighted by atomic mass is 19.3. The molecule has 1 fully saturated rings. The smallest absolute Gasteiger partial charge is 0.251 e. The summed E-state index contributed by atoms with van der Waals surface area (Å²) >= 11 is 0. The topological polar surface area (TPSA) is 85.9 Å². The molecule has 3 aromatic rings. The van der Waals surface area contributed by atoms with E-state index in [1.165, 1.54) is 6.20 Å². The fraction of sp³-hybridized carbons (Fsp3) is 0.320. The summed E-state index contributed by atoms with van der Waals surface area (Å²) in [7, 11) is 0. The average molecular weight is 481 g/mol. The van der Waals surface area contributed by atoms with Crippen LogP contribution in [0.3, 0.4) is 0 Å². The molecule has 3 aliphatic heterocycles. The lowest BCUT2D eigenvalue weighted by Crippen LogP contribution is -2.43. The molecule has 180 valence electrons. The molecule has 0 amide bonds. The number of ether oxygens (including phenoxy) is 2. The molecule has 1 unspecified atom stereocenters. The Labute approximate surface area is 199 Å². The number of hydrogen-bond acceptors (Lipinski definition) is 7. The zero-order valence-corrected chi connectivity index (χ0v) is 18.7. The second-order valence-corrected chi connectivity index (χ2v) is 8.99. The molecule has 7 nitrogen and oxygen atoms in total. The van der Waals surface area contributed by atoms with E-state index in [9.17, 15) is 13.2 Å². The minimum absolute atomic E-state index is 0.178. The molecule has 3 aliphatic rings. The Morgan fingerprint density at radius 3 is 2.57 bits per heavy atom. The molecular formula is C25H22F3N5O2. The molecule has 2 N–H and O–H groups in total. The molecule has 5 heterocycles. The average Bonchev–Trinajstić information content (AvgIpc) is 2.85. The van der Waals surface area contributed by atoms with Crippen molar-refractivity contribution < 1.29 is 22.6 Å². The maximum atomic E-state index is 14.5. The second kappa shape index (κ2) is 7.94. The van der Waals surface area contributed by atoms with E-state index in [-0.39, 0.29) is 39.1 Å². The van der Waals surface area contributed by atoms with Crippen molar-refractivity contribution in [3.05, 3.63) is 65.9 Å². The number of nitrogens with zero attached hydrogens (tertiary/aromatic N) is 4. The lowest BCUT2D eigenvalue weighted by molar-refractivity contribution is -0.0221. The van der Waals surface area contributed by atoms with Gasteiger partial charge in [0.15, 0.2) is 5.75 Å². The number of hydrogen-bond donors (Lipinski definition) is 1. The third kappa shape index (κ3) is 3.68. The molecule has 10 heteroatoms. The molecule has 35 heavy (non-hydrogen) atoms. The maximum Gasteiger partial charge on any atom is 0.251 e. The first-order chi connectivity index (χ1) is 16.8. The Morgan fingerprint density at radius 1 is 1.00 bits per heavy atom. The molecule has 0 radical (unpaired) electrons. The molecule has 1 saturated heterocycles. The van der Waals surface area contributed by atoms with Crippen molar-refractivity contribution in [1.82, 2.24) is 9.97 Å². The number of alkyl halides is 2. The summed E-state index contributed by atoms with van der Waals surface area (Å²) in [6, 6.07) is 10.4. The van der Waals surface area contributed by atoms with Gasteiger partial charge >= 0.3 is 0 Å². The molecule has 1 spiro atoms. The summed E-state index contributed by atoms with van der Waals surface area (Å²) < 4.78 is 53.9. The Hall–Kier alpha value is -3.66. The van der Waals surface area contributed by atoms with Crippen LogP contribution in [0, 0.1) is 5.95 Å². The second-order valence-electron chi connectivity index (χ2n) is 8.99. The van der Waals surface area contributed by atoms with Gasteiger partial charge in [0.1, 0.15) is 29.5 Å². The highest BCUT2D eigenvalue weighted by Crippen LogP contribution is 2.51. The predicted molar refractivity (Wildman–Crippen MR) is 124 cm³/mol. The van der Waals surface area contributed by atoms with Crippen molar-refractivity contribution in [3.63, 3.8) is 0 Å². The van der Waals surface area contributed by atoms with Crippen LogP contribution in [-0.4, -0.2) is 48.0 Å². The van der Waals surface area contributed by atoms with Gasteiger partial charge in [-0.05, 0) is 35.9 Å². The number of pyridine rings is 2. The van der Waals surface area contributed by atoms with Gasteiger partial charge in [-0.15, -0.1) is 0 Å². The number of benzene rings is 1. The van der Waals surface area contributed by atoms with Crippen molar-refractivity contribution in [2.45, 2.75) is 24.3 Å². The third-order valence-electron chi connectivity index (χ3n) is 6.73. The van der Waals surface area contributed by atoms with Gasteiger partial charge in [0.25, 0.3) is 5.92 Å². The van der Waals surface area contributed by atoms with Crippen molar-refractivity contribution >= 4 is 11.7 Å². The normalized spacial score (nSPS) is 22.7. The summed E-state index contributed by atoms with van der Waals surface area (Å²) in [5.41, 5.74) is 7.36. The summed E-state index contributed by atoms with van der Waals surface area (Å²) in [5.74, 6) is -1.38. The summed E-state index contributed by atoms with van der Waals surface area (Å²) in [6.45, 7) is 0.742. The summed E-state index contributed by atoms with van der Waals surface area (Å²) in [5, 5.41) is 0. The van der Waals surface area contributed by atoms with E-state index >= 15 is 0 Å². The van der Waals surface area contributed by atoms with Crippen molar-refractivity contribution in [3.8, 4) is 22.6 Å². The van der Waals surface area contributed by atoms with E-state index in [0.29, 0.717) is 45.4 Å². The minimum atomic E-state index is -2.66. The van der Waals surface area contributed by atoms with Gasteiger partial charge in [-0.1, -0.05) is 6.07 Å². The minimum Gasteiger partial charge on any atom is -0.455 e. The van der Waals surface area contributed by atoms with E-state index in [1.807, 2.05) is 17.0 Å². The van der Waals surface area contributed by atoms with Crippen LogP contribution >= 0.6 is 0 Å². The molecule has 0 aliphatic carbocycles. The quantitative estimate of drug-likeness (QED) is 0.551. The van der Waals surface area contributed by atoms with Gasteiger partial charge in [0.2, 0.25) is 5.95 Å². The van der Waals surface area contributed by atoms with Crippen LogP contribution in [0.25, 0.3) is 11.1 Å². The fourth-order valence-corrected chi connectivity index (χ4v) is 4.94. The first-order valence-corrected chi connectivity index (χ1v) is 11.3. The highest BCUT2D eigenvalue weighted by Gasteiger charge is 2.46. The first-order valence-electron chi connectivity index (χ1n) is 11.3. The number of aromatic nitrogens is 2. The van der Waals surface area contributed by atoms with E-state index in [4.69, 9.17) is 20.2 Å². The third-order valence-corrected chi connectivity index (χ3v) is 6.73. The van der Waals surface area contributed by atoms with Crippen LogP contribution in [0.2, 0.25) is 0 Å². The molecule has 0 saturated carbocycles. The number of nitrogens with two attached hydrogens (primary N) is 1. The molecule has 2 aromatic heterocycles. The van der Waals surface area contributed by atoms with Crippen LogP contribution in [0.1, 0.15) is 24.0 Å². The number of anilines is 1. The standard InChI is InChI=1S/C25H22F3N5O2/c26-23-16(2-1-7-30-23)15-3-4-19-17(10-15)25(14-34-13-21(29)32-25)18-11-22(31-12-20(18)35-19)33-8-5-24(27,28)6-9-33/h1-4,7,10-12H,5-6,8-9,13-14H2,(H2,29,32). The van der Waals surface area contributed by atoms with Gasteiger partial charge in [-0.2, -0.15) is 4.39 Å². The lowest BCUT2D eigenvalue weighted by Gasteiger charge is -2.40. The van der Waals surface area contributed by atoms with Gasteiger partial charge in [0.05, 0.1) is 12.8 Å². The van der Waals surface area contributed by atoms with Crippen molar-refractivity contribution in [2.24, 2.45) is 10.7 Å². The number of aliphatic imine (C=N–C) groups is 1. The predicted octanol–water partition coefficient (Wildman–Crippen LogP) is 4.25. The Bertz CT molecular complexity index is 1340. The van der Waals surface area contributed by atoms with Crippen LogP contribution in [0.4, 0.5) is 19.0 Å². The lowest BCUT2D eigenvalue weighted by atomic mass is 9.80. The van der Waals surface area contributed by atoms with Gasteiger partial charge in [-0.25, -0.2) is 18.7 Å². The van der Waals surface area contributed by atoms with Crippen LogP contribution in [0.15, 0.2) is 53.8 Å². The van der Waals surface area contributed by atoms with E-state index in [1.54, 1.807) is 30.5 Å². The molecule has 6 rings (SSSR count). The van der Waals surface area contributed by atoms with Crippen LogP contribution in [0.5, 0.6) is 11.5 Å². The monoisotopic (exact) mass is 481 g/mol. The number of halogens is 3. The van der Waals surface area contributed by atoms with Crippen LogP contribution in [-0.2, 0) is 10.3 Å². The Morgan fingerprint density at radius 2 is 1.80 bits per heavy atom. The maximum absolute atomic E-state index is 14.5. The molecular weight excluding hydrogens is 459 g/mol. The molecule has 0 bridgehead atoms. The number of fused-ring (bicyclic) bond motifs is 4. The zero-order valence-electron chi connectivity index (χ0n) is 18.7. The number of amidine groups is 1. The van der Waals surface area contributed by atoms with Gasteiger partial charge < -0.3 is 20.1 Å². The summed E-state index contributed by atoms with van der Waals surface area (Å²) in [4.78, 5) is 14.9. The van der Waals surface area contributed by atoms with Crippen LogP contribution < -0.4 is 15.4 Å². The van der Waals surface area contributed by atoms with E-state index < -0.39 is 17.4 Å². The summed E-state index contributed by atoms with van der Waals surface area (Å²) in [6.07, 6.45) is 2.51. The SMILES string of the molecule is NC1=NC2(COC1)c1cc(-c3cccnc3F)ccc1Oc1cnc(N3CCC(F)(F)CC3)cc12. The fourth-order valence-electron chi connectivity index (χ4n) is 4.94. The zero-order chi connectivity index (χ0) is 24.2. The Balaban J connectivity index is 1.49. The van der Waals surface area contributed by atoms with E-state index in [2.05, 4.69) is 9.97 Å².